The Hall–Kier alpha value is -1.65. The number of benzene rings is 1. The average molecular weight is 381 g/mol. The van der Waals surface area contributed by atoms with Crippen LogP contribution in [0.3, 0.4) is 0 Å². The monoisotopic (exact) mass is 380 g/mol. The third kappa shape index (κ3) is 3.80. The number of Topliss-reactive ketones (excluding diaryl/α,β-unsaturated/α-hetero) is 1. The van der Waals surface area contributed by atoms with Crippen molar-refractivity contribution in [2.45, 2.75) is 53.0 Å². The Morgan fingerprint density at radius 2 is 1.80 bits per heavy atom. The van der Waals surface area contributed by atoms with Crippen LogP contribution in [0.15, 0.2) is 18.2 Å². The number of ketones is 2. The van der Waals surface area contributed by atoms with E-state index in [0.717, 1.165) is 18.7 Å². The van der Waals surface area contributed by atoms with Gasteiger partial charge in [-0.3, -0.25) is 9.59 Å². The quantitative estimate of drug-likeness (QED) is 0.591. The van der Waals surface area contributed by atoms with Gasteiger partial charge in [-0.25, -0.2) is 4.98 Å². The highest BCUT2D eigenvalue weighted by atomic mass is 35.5. The average Bonchev–Trinajstić information content (AvgIpc) is 2.95. The van der Waals surface area contributed by atoms with Gasteiger partial charge in [0.15, 0.2) is 5.78 Å². The van der Waals surface area contributed by atoms with Gasteiger partial charge in [-0.1, -0.05) is 44.0 Å². The number of nitrogens with zero attached hydrogens (tertiary/aromatic N) is 2. The predicted molar refractivity (Wildman–Crippen MR) is 101 cm³/mol. The molecule has 0 fully saturated rings. The van der Waals surface area contributed by atoms with E-state index in [1.165, 1.54) is 13.0 Å². The predicted octanol–water partition coefficient (Wildman–Crippen LogP) is 5.55. The van der Waals surface area contributed by atoms with Gasteiger partial charge in [0.1, 0.15) is 17.2 Å². The number of halogens is 2. The fourth-order valence-corrected chi connectivity index (χ4v) is 3.57. The van der Waals surface area contributed by atoms with Crippen LogP contribution in [0.5, 0.6) is 0 Å². The summed E-state index contributed by atoms with van der Waals surface area (Å²) in [5, 5.41) is 0.701. The Labute approximate surface area is 158 Å². The maximum atomic E-state index is 13.0. The van der Waals surface area contributed by atoms with Crippen LogP contribution in [0.25, 0.3) is 0 Å². The molecule has 0 bridgehead atoms. The molecule has 0 saturated carbocycles. The van der Waals surface area contributed by atoms with E-state index in [1.807, 2.05) is 11.5 Å². The highest BCUT2D eigenvalue weighted by Gasteiger charge is 2.28. The summed E-state index contributed by atoms with van der Waals surface area (Å²) in [5.41, 5.74) is 0.826. The van der Waals surface area contributed by atoms with E-state index < -0.39 is 0 Å². The minimum absolute atomic E-state index is 0.128. The molecule has 0 atom stereocenters. The number of hydrogen-bond acceptors (Lipinski definition) is 3. The smallest absolute Gasteiger partial charge is 0.215 e. The number of aryl methyl sites for hydroxylation is 1. The van der Waals surface area contributed by atoms with Crippen molar-refractivity contribution in [1.82, 2.24) is 9.55 Å². The van der Waals surface area contributed by atoms with E-state index >= 15 is 0 Å². The number of rotatable bonds is 7. The fraction of sp³-hybridized carbons (Fsp3) is 0.421. The van der Waals surface area contributed by atoms with Crippen LogP contribution >= 0.6 is 23.2 Å². The molecule has 0 aliphatic carbocycles. The molecule has 25 heavy (non-hydrogen) atoms. The topological polar surface area (TPSA) is 52.0 Å². The van der Waals surface area contributed by atoms with Crippen LogP contribution in [-0.4, -0.2) is 21.1 Å². The van der Waals surface area contributed by atoms with Gasteiger partial charge in [0.25, 0.3) is 0 Å². The molecule has 0 amide bonds. The first-order valence-corrected chi connectivity index (χ1v) is 9.22. The minimum Gasteiger partial charge on any atom is -0.322 e. The Balaban J connectivity index is 2.68. The molecule has 4 nitrogen and oxygen atoms in total. The largest absolute Gasteiger partial charge is 0.322 e. The summed E-state index contributed by atoms with van der Waals surface area (Å²) in [7, 11) is 0. The van der Waals surface area contributed by atoms with Crippen molar-refractivity contribution in [2.24, 2.45) is 0 Å². The number of hydrogen-bond donors (Lipinski definition) is 0. The first kappa shape index (κ1) is 19.7. The van der Waals surface area contributed by atoms with Gasteiger partial charge in [-0.05, 0) is 31.0 Å². The molecular formula is C19H22Cl2N2O2. The summed E-state index contributed by atoms with van der Waals surface area (Å²) in [6.07, 6.45) is 2.35. The van der Waals surface area contributed by atoms with Gasteiger partial charge in [0.2, 0.25) is 5.78 Å². The molecule has 134 valence electrons. The summed E-state index contributed by atoms with van der Waals surface area (Å²) >= 11 is 12.1. The minimum atomic E-state index is -0.355. The van der Waals surface area contributed by atoms with Gasteiger partial charge >= 0.3 is 0 Å². The summed E-state index contributed by atoms with van der Waals surface area (Å²) in [6, 6.07) is 4.82. The van der Waals surface area contributed by atoms with Crippen molar-refractivity contribution in [1.29, 1.82) is 0 Å². The van der Waals surface area contributed by atoms with E-state index in [1.54, 1.807) is 12.1 Å². The Morgan fingerprint density at radius 1 is 1.16 bits per heavy atom. The Kier molecular flexibility index (Phi) is 6.42. The summed E-state index contributed by atoms with van der Waals surface area (Å²) < 4.78 is 1.93. The highest BCUT2D eigenvalue weighted by Crippen LogP contribution is 2.28. The molecular weight excluding hydrogens is 359 g/mol. The van der Waals surface area contributed by atoms with Crippen LogP contribution in [0.4, 0.5) is 0 Å². The molecule has 0 saturated heterocycles. The molecule has 1 aromatic heterocycles. The van der Waals surface area contributed by atoms with E-state index in [4.69, 9.17) is 23.2 Å². The zero-order valence-corrected chi connectivity index (χ0v) is 16.4. The van der Waals surface area contributed by atoms with E-state index in [9.17, 15) is 9.59 Å². The Bertz CT molecular complexity index is 808. The maximum Gasteiger partial charge on any atom is 0.215 e. The van der Waals surface area contributed by atoms with Gasteiger partial charge < -0.3 is 4.57 Å². The molecule has 6 heteroatoms. The van der Waals surface area contributed by atoms with Crippen LogP contribution in [-0.2, 0) is 6.42 Å². The van der Waals surface area contributed by atoms with E-state index in [2.05, 4.69) is 18.8 Å². The molecule has 0 radical (unpaired) electrons. The first-order valence-electron chi connectivity index (χ1n) is 8.47. The number of imidazole rings is 1. The lowest BCUT2D eigenvalue weighted by Crippen LogP contribution is -2.17. The number of carbonyl (C=O) groups is 2. The molecule has 0 unspecified atom stereocenters. The lowest BCUT2D eigenvalue weighted by atomic mass is 10.0. The molecule has 1 heterocycles. The molecule has 0 aliphatic rings. The van der Waals surface area contributed by atoms with Crippen LogP contribution in [0.2, 0.25) is 10.0 Å². The summed E-state index contributed by atoms with van der Waals surface area (Å²) in [5.74, 6) is 0.214. The van der Waals surface area contributed by atoms with Crippen molar-refractivity contribution in [3.8, 4) is 0 Å². The second-order valence-corrected chi connectivity index (χ2v) is 6.77. The first-order chi connectivity index (χ1) is 11.8. The standard InChI is InChI=1S/C19H22Cl2N2O2/c1-5-13(6-2)23-16(7-3)22-17(18(23)11(4)24)19(25)14-9-8-12(20)10-15(14)21/h8-10,13H,5-7H2,1-4H3. The second-order valence-electron chi connectivity index (χ2n) is 5.93. The molecule has 0 spiro atoms. The molecule has 2 rings (SSSR count). The lowest BCUT2D eigenvalue weighted by molar-refractivity contribution is 0.0979. The molecule has 1 aromatic carbocycles. The van der Waals surface area contributed by atoms with Crippen LogP contribution in [0, 0.1) is 0 Å². The van der Waals surface area contributed by atoms with Gasteiger partial charge in [0, 0.05) is 30.0 Å². The van der Waals surface area contributed by atoms with Crippen molar-refractivity contribution < 1.29 is 9.59 Å². The SMILES string of the molecule is CCc1nc(C(=O)c2ccc(Cl)cc2Cl)c(C(C)=O)n1C(CC)CC. The van der Waals surface area contributed by atoms with Crippen molar-refractivity contribution in [2.75, 3.05) is 0 Å². The zero-order valence-electron chi connectivity index (χ0n) is 14.9. The van der Waals surface area contributed by atoms with Gasteiger partial charge in [-0.15, -0.1) is 0 Å². The number of aromatic nitrogens is 2. The van der Waals surface area contributed by atoms with Crippen molar-refractivity contribution in [3.63, 3.8) is 0 Å². The molecule has 0 aliphatic heterocycles. The summed E-state index contributed by atoms with van der Waals surface area (Å²) in [6.45, 7) is 7.56. The van der Waals surface area contributed by atoms with Crippen molar-refractivity contribution in [3.05, 3.63) is 51.0 Å². The van der Waals surface area contributed by atoms with E-state index in [0.29, 0.717) is 22.7 Å². The van der Waals surface area contributed by atoms with E-state index in [-0.39, 0.29) is 28.3 Å². The highest BCUT2D eigenvalue weighted by molar-refractivity contribution is 6.37. The second kappa shape index (κ2) is 8.15. The third-order valence-electron chi connectivity index (χ3n) is 4.33. The molecule has 0 N–H and O–H groups in total. The summed E-state index contributed by atoms with van der Waals surface area (Å²) in [4.78, 5) is 29.9. The Morgan fingerprint density at radius 3 is 2.28 bits per heavy atom. The van der Waals surface area contributed by atoms with Crippen LogP contribution < -0.4 is 0 Å². The van der Waals surface area contributed by atoms with Crippen molar-refractivity contribution >= 4 is 34.8 Å². The fourth-order valence-electron chi connectivity index (χ4n) is 3.07. The van der Waals surface area contributed by atoms with Gasteiger partial charge in [-0.2, -0.15) is 0 Å². The van der Waals surface area contributed by atoms with Crippen LogP contribution in [0.1, 0.15) is 78.9 Å². The lowest BCUT2D eigenvalue weighted by Gasteiger charge is -2.19. The zero-order chi connectivity index (χ0) is 18.7. The number of carbonyl (C=O) groups excluding carboxylic acids is 2. The molecule has 2 aromatic rings. The maximum absolute atomic E-state index is 13.0. The normalized spacial score (nSPS) is 11.2. The van der Waals surface area contributed by atoms with Gasteiger partial charge in [0.05, 0.1) is 5.02 Å². The third-order valence-corrected chi connectivity index (χ3v) is 4.88.